The summed E-state index contributed by atoms with van der Waals surface area (Å²) in [5.41, 5.74) is 3.87. The van der Waals surface area contributed by atoms with Gasteiger partial charge in [0.1, 0.15) is 5.75 Å². The van der Waals surface area contributed by atoms with Crippen LogP contribution in [0.1, 0.15) is 45.1 Å². The van der Waals surface area contributed by atoms with Crippen molar-refractivity contribution >= 4 is 23.0 Å². The minimum atomic E-state index is -0.544. The molecule has 0 aliphatic heterocycles. The number of hydrogen-bond donors (Lipinski definition) is 2. The van der Waals surface area contributed by atoms with Crippen molar-refractivity contribution < 1.29 is 9.53 Å². The van der Waals surface area contributed by atoms with E-state index >= 15 is 0 Å². The highest BCUT2D eigenvalue weighted by atomic mass is 16.5. The maximum atomic E-state index is 12.8. The lowest BCUT2D eigenvalue weighted by atomic mass is 9.98. The van der Waals surface area contributed by atoms with Crippen molar-refractivity contribution in [3.8, 4) is 5.75 Å². The summed E-state index contributed by atoms with van der Waals surface area (Å²) in [6.07, 6.45) is 1.07. The summed E-state index contributed by atoms with van der Waals surface area (Å²) >= 11 is 0. The standard InChI is InChI=1S/C26H30N2O2/c1-4-19(3)23-13-9-10-14-25(23)30-24(5-2)26(29)28-22-17-15-21(16-18-22)27-20-11-7-6-8-12-20/h6-19,24,27H,4-5H2,1-3H3,(H,28,29). The molecule has 0 spiro atoms. The average Bonchev–Trinajstić information content (AvgIpc) is 2.79. The Labute approximate surface area is 179 Å². The SMILES string of the molecule is CCC(Oc1ccccc1C(C)CC)C(=O)Nc1ccc(Nc2ccccc2)cc1. The molecule has 0 bridgehead atoms. The third kappa shape index (κ3) is 5.63. The number of anilines is 3. The Morgan fingerprint density at radius 3 is 2.07 bits per heavy atom. The van der Waals surface area contributed by atoms with Gasteiger partial charge >= 0.3 is 0 Å². The summed E-state index contributed by atoms with van der Waals surface area (Å²) in [6, 6.07) is 25.6. The molecule has 0 aliphatic carbocycles. The Morgan fingerprint density at radius 1 is 0.800 bits per heavy atom. The number of carbonyl (C=O) groups is 1. The van der Waals surface area contributed by atoms with Crippen molar-refractivity contribution in [3.63, 3.8) is 0 Å². The van der Waals surface area contributed by atoms with Crippen molar-refractivity contribution in [1.82, 2.24) is 0 Å². The second-order valence-electron chi connectivity index (χ2n) is 7.42. The Bertz CT molecular complexity index is 939. The predicted octanol–water partition coefficient (Wildman–Crippen LogP) is 6.74. The van der Waals surface area contributed by atoms with E-state index in [9.17, 15) is 4.79 Å². The normalized spacial score (nSPS) is 12.6. The quantitative estimate of drug-likeness (QED) is 0.417. The van der Waals surface area contributed by atoms with Gasteiger partial charge in [-0.3, -0.25) is 4.79 Å². The largest absolute Gasteiger partial charge is 0.480 e. The number of para-hydroxylation sites is 2. The number of nitrogens with one attached hydrogen (secondary N) is 2. The zero-order valence-electron chi connectivity index (χ0n) is 17.9. The van der Waals surface area contributed by atoms with E-state index in [1.165, 1.54) is 0 Å². The number of amides is 1. The van der Waals surface area contributed by atoms with Gasteiger partial charge in [0.15, 0.2) is 6.10 Å². The molecule has 3 rings (SSSR count). The van der Waals surface area contributed by atoms with Gasteiger partial charge in [0, 0.05) is 17.1 Å². The molecule has 0 saturated heterocycles. The lowest BCUT2D eigenvalue weighted by molar-refractivity contribution is -0.122. The number of rotatable bonds is 9. The Balaban J connectivity index is 1.64. The fourth-order valence-corrected chi connectivity index (χ4v) is 3.24. The van der Waals surface area contributed by atoms with Crippen LogP contribution >= 0.6 is 0 Å². The first-order valence-corrected chi connectivity index (χ1v) is 10.6. The van der Waals surface area contributed by atoms with Crippen LogP contribution in [0.5, 0.6) is 5.75 Å². The fraction of sp³-hybridized carbons (Fsp3) is 0.269. The molecule has 0 aromatic heterocycles. The van der Waals surface area contributed by atoms with Crippen molar-refractivity contribution in [2.75, 3.05) is 10.6 Å². The highest BCUT2D eigenvalue weighted by molar-refractivity contribution is 5.94. The van der Waals surface area contributed by atoms with E-state index < -0.39 is 6.10 Å². The van der Waals surface area contributed by atoms with Gasteiger partial charge in [-0.25, -0.2) is 0 Å². The zero-order valence-corrected chi connectivity index (χ0v) is 17.9. The number of ether oxygens (including phenoxy) is 1. The van der Waals surface area contributed by atoms with Crippen molar-refractivity contribution in [1.29, 1.82) is 0 Å². The van der Waals surface area contributed by atoms with Gasteiger partial charge in [-0.2, -0.15) is 0 Å². The van der Waals surface area contributed by atoms with Crippen LogP contribution in [0.4, 0.5) is 17.1 Å². The highest BCUT2D eigenvalue weighted by Gasteiger charge is 2.21. The topological polar surface area (TPSA) is 50.4 Å². The van der Waals surface area contributed by atoms with Gasteiger partial charge in [0.05, 0.1) is 0 Å². The van der Waals surface area contributed by atoms with Crippen LogP contribution in [-0.2, 0) is 4.79 Å². The second-order valence-corrected chi connectivity index (χ2v) is 7.42. The third-order valence-corrected chi connectivity index (χ3v) is 5.21. The van der Waals surface area contributed by atoms with Crippen LogP contribution in [0.25, 0.3) is 0 Å². The van der Waals surface area contributed by atoms with Gasteiger partial charge in [0.25, 0.3) is 5.91 Å². The van der Waals surface area contributed by atoms with Crippen molar-refractivity contribution in [2.45, 2.75) is 45.6 Å². The van der Waals surface area contributed by atoms with Crippen LogP contribution in [0.2, 0.25) is 0 Å². The highest BCUT2D eigenvalue weighted by Crippen LogP contribution is 2.29. The zero-order chi connectivity index (χ0) is 21.3. The van der Waals surface area contributed by atoms with Crippen LogP contribution in [-0.4, -0.2) is 12.0 Å². The molecule has 30 heavy (non-hydrogen) atoms. The molecule has 3 aromatic carbocycles. The van der Waals surface area contributed by atoms with E-state index in [1.54, 1.807) is 0 Å². The Hall–Kier alpha value is -3.27. The fourth-order valence-electron chi connectivity index (χ4n) is 3.24. The van der Waals surface area contributed by atoms with Crippen LogP contribution in [0.15, 0.2) is 78.9 Å². The molecule has 0 aliphatic rings. The molecule has 0 saturated carbocycles. The number of hydrogen-bond acceptors (Lipinski definition) is 3. The summed E-state index contributed by atoms with van der Waals surface area (Å²) in [6.45, 7) is 6.29. The average molecular weight is 403 g/mol. The summed E-state index contributed by atoms with van der Waals surface area (Å²) in [5, 5.41) is 6.31. The molecule has 1 amide bonds. The van der Waals surface area contributed by atoms with E-state index in [2.05, 4.69) is 30.5 Å². The van der Waals surface area contributed by atoms with E-state index in [1.807, 2.05) is 79.7 Å². The molecule has 3 aromatic rings. The minimum absolute atomic E-state index is 0.139. The second kappa shape index (κ2) is 10.5. The first-order chi connectivity index (χ1) is 14.6. The van der Waals surface area contributed by atoms with Crippen LogP contribution < -0.4 is 15.4 Å². The van der Waals surface area contributed by atoms with E-state index in [4.69, 9.17) is 4.74 Å². The molecular formula is C26H30N2O2. The first kappa shape index (κ1) is 21.4. The Kier molecular flexibility index (Phi) is 7.50. The molecule has 4 nitrogen and oxygen atoms in total. The lowest BCUT2D eigenvalue weighted by Gasteiger charge is -2.21. The molecule has 0 fully saturated rings. The maximum Gasteiger partial charge on any atom is 0.265 e. The van der Waals surface area contributed by atoms with Gasteiger partial charge < -0.3 is 15.4 Å². The molecule has 0 radical (unpaired) electrons. The molecular weight excluding hydrogens is 372 g/mol. The predicted molar refractivity (Wildman–Crippen MR) is 125 cm³/mol. The number of carbonyl (C=O) groups excluding carboxylic acids is 1. The maximum absolute atomic E-state index is 12.8. The van der Waals surface area contributed by atoms with E-state index in [0.29, 0.717) is 12.3 Å². The smallest absolute Gasteiger partial charge is 0.265 e. The Morgan fingerprint density at radius 2 is 1.40 bits per heavy atom. The molecule has 2 unspecified atom stereocenters. The van der Waals surface area contributed by atoms with E-state index in [-0.39, 0.29) is 5.91 Å². The van der Waals surface area contributed by atoms with Gasteiger partial charge in [-0.1, -0.05) is 57.2 Å². The van der Waals surface area contributed by atoms with Crippen LogP contribution in [0.3, 0.4) is 0 Å². The third-order valence-electron chi connectivity index (χ3n) is 5.21. The molecule has 156 valence electrons. The lowest BCUT2D eigenvalue weighted by Crippen LogP contribution is -2.32. The van der Waals surface area contributed by atoms with Crippen molar-refractivity contribution in [3.05, 3.63) is 84.4 Å². The summed E-state index contributed by atoms with van der Waals surface area (Å²) in [4.78, 5) is 12.8. The molecule has 2 N–H and O–H groups in total. The summed E-state index contributed by atoms with van der Waals surface area (Å²) < 4.78 is 6.13. The van der Waals surface area contributed by atoms with E-state index in [0.717, 1.165) is 34.8 Å². The molecule has 2 atom stereocenters. The monoisotopic (exact) mass is 402 g/mol. The van der Waals surface area contributed by atoms with Gasteiger partial charge in [-0.15, -0.1) is 0 Å². The minimum Gasteiger partial charge on any atom is -0.480 e. The first-order valence-electron chi connectivity index (χ1n) is 10.6. The molecule has 0 heterocycles. The molecule has 4 heteroatoms. The summed E-state index contributed by atoms with van der Waals surface area (Å²) in [5.74, 6) is 1.03. The summed E-state index contributed by atoms with van der Waals surface area (Å²) in [7, 11) is 0. The van der Waals surface area contributed by atoms with Gasteiger partial charge in [-0.05, 0) is 66.8 Å². The van der Waals surface area contributed by atoms with Gasteiger partial charge in [0.2, 0.25) is 0 Å². The van der Waals surface area contributed by atoms with Crippen LogP contribution in [0, 0.1) is 0 Å². The van der Waals surface area contributed by atoms with Crippen molar-refractivity contribution in [2.24, 2.45) is 0 Å². The number of benzene rings is 3.